The van der Waals surface area contributed by atoms with Gasteiger partial charge in [-0.05, 0) is 50.5 Å². The summed E-state index contributed by atoms with van der Waals surface area (Å²) in [5.74, 6) is 0. The molecule has 1 aliphatic carbocycles. The molecule has 0 N–H and O–H groups in total. The summed E-state index contributed by atoms with van der Waals surface area (Å²) in [7, 11) is 0. The Morgan fingerprint density at radius 3 is 2.67 bits per heavy atom. The van der Waals surface area contributed by atoms with Gasteiger partial charge in [0.2, 0.25) is 0 Å². The zero-order valence-corrected chi connectivity index (χ0v) is 12.7. The lowest BCUT2D eigenvalue weighted by Crippen LogP contribution is -2.19. The molecule has 0 amide bonds. The minimum Gasteiger partial charge on any atom is -0.0848 e. The van der Waals surface area contributed by atoms with Gasteiger partial charge in [0.25, 0.3) is 0 Å². The van der Waals surface area contributed by atoms with Crippen molar-refractivity contribution >= 4 is 0 Å². The first-order valence-corrected chi connectivity index (χ1v) is 7.19. The smallest absolute Gasteiger partial charge is 0.0104 e. The Kier molecular flexibility index (Phi) is 5.65. The molecule has 0 saturated heterocycles. The lowest BCUT2D eigenvalue weighted by molar-refractivity contribution is 0.377. The fourth-order valence-corrected chi connectivity index (χ4v) is 2.64. The molecule has 18 heavy (non-hydrogen) atoms. The largest absolute Gasteiger partial charge is 0.0848 e. The standard InChI is InChI=1S/C18H28/c1-6-7-8-10-15(2)12-13-17-16(3)11-9-14-18(17,4)5/h7-8,10,12-13H,6,9,11,14H2,1-5H3. The van der Waals surface area contributed by atoms with E-state index >= 15 is 0 Å². The van der Waals surface area contributed by atoms with Gasteiger partial charge >= 0.3 is 0 Å². The van der Waals surface area contributed by atoms with E-state index in [4.69, 9.17) is 0 Å². The highest BCUT2D eigenvalue weighted by Crippen LogP contribution is 2.40. The topological polar surface area (TPSA) is 0 Å². The van der Waals surface area contributed by atoms with Gasteiger partial charge in [0, 0.05) is 0 Å². The van der Waals surface area contributed by atoms with E-state index < -0.39 is 0 Å². The van der Waals surface area contributed by atoms with Crippen LogP contribution in [-0.4, -0.2) is 0 Å². The second kappa shape index (κ2) is 6.78. The van der Waals surface area contributed by atoms with Crippen molar-refractivity contribution in [3.05, 3.63) is 47.1 Å². The van der Waals surface area contributed by atoms with Crippen LogP contribution in [0.1, 0.15) is 60.3 Å². The Morgan fingerprint density at radius 2 is 2.06 bits per heavy atom. The second-order valence-corrected chi connectivity index (χ2v) is 6.01. The number of hydrogen-bond donors (Lipinski definition) is 0. The summed E-state index contributed by atoms with van der Waals surface area (Å²) in [4.78, 5) is 0. The highest BCUT2D eigenvalue weighted by atomic mass is 14.3. The van der Waals surface area contributed by atoms with Gasteiger partial charge in [0.1, 0.15) is 0 Å². The first-order chi connectivity index (χ1) is 8.47. The third-order valence-corrected chi connectivity index (χ3v) is 3.79. The first-order valence-electron chi connectivity index (χ1n) is 7.19. The van der Waals surface area contributed by atoms with Crippen molar-refractivity contribution in [1.82, 2.24) is 0 Å². The average Bonchev–Trinajstić information content (AvgIpc) is 2.28. The van der Waals surface area contributed by atoms with Crippen LogP contribution in [0.5, 0.6) is 0 Å². The molecular formula is C18H28. The predicted octanol–water partition coefficient (Wildman–Crippen LogP) is 5.98. The molecule has 0 saturated carbocycles. The fourth-order valence-electron chi connectivity index (χ4n) is 2.64. The van der Waals surface area contributed by atoms with Crippen LogP contribution in [0.2, 0.25) is 0 Å². The molecule has 0 heteroatoms. The zero-order chi connectivity index (χ0) is 13.6. The van der Waals surface area contributed by atoms with Crippen molar-refractivity contribution in [2.24, 2.45) is 5.41 Å². The summed E-state index contributed by atoms with van der Waals surface area (Å²) in [5, 5.41) is 0. The van der Waals surface area contributed by atoms with Gasteiger partial charge in [-0.15, -0.1) is 0 Å². The maximum absolute atomic E-state index is 2.37. The van der Waals surface area contributed by atoms with Crippen molar-refractivity contribution < 1.29 is 0 Å². The van der Waals surface area contributed by atoms with Gasteiger partial charge in [-0.3, -0.25) is 0 Å². The summed E-state index contributed by atoms with van der Waals surface area (Å²) in [5.41, 5.74) is 4.78. The van der Waals surface area contributed by atoms with Gasteiger partial charge < -0.3 is 0 Å². The molecule has 0 aromatic rings. The maximum atomic E-state index is 2.37. The van der Waals surface area contributed by atoms with E-state index in [9.17, 15) is 0 Å². The SMILES string of the molecule is CCC=CC=C(C)C=CC1=C(C)CCCC1(C)C. The Hall–Kier alpha value is -1.04. The molecule has 0 unspecified atom stereocenters. The Labute approximate surface area is 113 Å². The lowest BCUT2D eigenvalue weighted by atomic mass is 9.72. The highest BCUT2D eigenvalue weighted by Gasteiger charge is 2.26. The van der Waals surface area contributed by atoms with Crippen LogP contribution < -0.4 is 0 Å². The van der Waals surface area contributed by atoms with E-state index in [1.54, 1.807) is 11.1 Å². The maximum Gasteiger partial charge on any atom is -0.0104 e. The number of rotatable bonds is 4. The van der Waals surface area contributed by atoms with Crippen LogP contribution in [0, 0.1) is 5.41 Å². The zero-order valence-electron chi connectivity index (χ0n) is 12.7. The molecule has 0 fully saturated rings. The van der Waals surface area contributed by atoms with Crippen molar-refractivity contribution in [2.45, 2.75) is 60.3 Å². The third-order valence-electron chi connectivity index (χ3n) is 3.79. The summed E-state index contributed by atoms with van der Waals surface area (Å²) >= 11 is 0. The molecular weight excluding hydrogens is 216 g/mol. The van der Waals surface area contributed by atoms with Crippen molar-refractivity contribution in [2.75, 3.05) is 0 Å². The van der Waals surface area contributed by atoms with Crippen molar-refractivity contribution in [3.63, 3.8) is 0 Å². The van der Waals surface area contributed by atoms with Gasteiger partial charge in [-0.25, -0.2) is 0 Å². The fraction of sp³-hybridized carbons (Fsp3) is 0.556. The molecule has 1 aliphatic rings. The first kappa shape index (κ1) is 15.0. The molecule has 0 bridgehead atoms. The van der Waals surface area contributed by atoms with Crippen LogP contribution in [0.3, 0.4) is 0 Å². The molecule has 0 nitrogen and oxygen atoms in total. The van der Waals surface area contributed by atoms with E-state index in [0.29, 0.717) is 5.41 Å². The van der Waals surface area contributed by atoms with E-state index in [1.165, 1.54) is 24.8 Å². The van der Waals surface area contributed by atoms with E-state index in [0.717, 1.165) is 6.42 Å². The molecule has 0 radical (unpaired) electrons. The summed E-state index contributed by atoms with van der Waals surface area (Å²) in [6.07, 6.45) is 16.1. The van der Waals surface area contributed by atoms with E-state index in [1.807, 2.05) is 0 Å². The molecule has 100 valence electrons. The van der Waals surface area contributed by atoms with E-state index in [2.05, 4.69) is 65.0 Å². The minimum absolute atomic E-state index is 0.346. The minimum atomic E-state index is 0.346. The molecule has 0 heterocycles. The van der Waals surface area contributed by atoms with Gasteiger partial charge in [0.15, 0.2) is 0 Å². The second-order valence-electron chi connectivity index (χ2n) is 6.01. The normalized spacial score (nSPS) is 21.3. The van der Waals surface area contributed by atoms with Crippen LogP contribution in [-0.2, 0) is 0 Å². The predicted molar refractivity (Wildman–Crippen MR) is 82.7 cm³/mol. The van der Waals surface area contributed by atoms with E-state index in [-0.39, 0.29) is 0 Å². The molecule has 1 rings (SSSR count). The summed E-state index contributed by atoms with van der Waals surface area (Å²) < 4.78 is 0. The molecule has 0 aromatic carbocycles. The van der Waals surface area contributed by atoms with Gasteiger partial charge in [-0.2, -0.15) is 0 Å². The quantitative estimate of drug-likeness (QED) is 0.533. The monoisotopic (exact) mass is 244 g/mol. The summed E-state index contributed by atoms with van der Waals surface area (Å²) in [6, 6.07) is 0. The van der Waals surface area contributed by atoms with Crippen LogP contribution >= 0.6 is 0 Å². The third kappa shape index (κ3) is 4.33. The Bertz CT molecular complexity index is 386. The lowest BCUT2D eigenvalue weighted by Gasteiger charge is -2.32. The van der Waals surface area contributed by atoms with Crippen LogP contribution in [0.4, 0.5) is 0 Å². The Balaban J connectivity index is 2.82. The molecule has 0 aromatic heterocycles. The van der Waals surface area contributed by atoms with Gasteiger partial charge in [0.05, 0.1) is 0 Å². The average molecular weight is 244 g/mol. The molecule has 0 spiro atoms. The molecule has 0 atom stereocenters. The van der Waals surface area contributed by atoms with Gasteiger partial charge in [-0.1, -0.05) is 62.3 Å². The van der Waals surface area contributed by atoms with Crippen LogP contribution in [0.25, 0.3) is 0 Å². The van der Waals surface area contributed by atoms with Crippen molar-refractivity contribution in [1.29, 1.82) is 0 Å². The number of allylic oxidation sites excluding steroid dienone is 8. The summed E-state index contributed by atoms with van der Waals surface area (Å²) in [6.45, 7) is 11.4. The highest BCUT2D eigenvalue weighted by molar-refractivity contribution is 5.36. The van der Waals surface area contributed by atoms with Crippen LogP contribution in [0.15, 0.2) is 47.1 Å². The van der Waals surface area contributed by atoms with Crippen molar-refractivity contribution in [3.8, 4) is 0 Å². The number of hydrogen-bond acceptors (Lipinski definition) is 0. The Morgan fingerprint density at radius 1 is 1.33 bits per heavy atom. The molecule has 0 aliphatic heterocycles.